The number of rotatable bonds is 3. The molecule has 0 amide bonds. The highest BCUT2D eigenvalue weighted by atomic mass is 35.5. The number of pyridine rings is 1. The molecule has 1 aromatic heterocycles. The highest BCUT2D eigenvalue weighted by Crippen LogP contribution is 2.36. The summed E-state index contributed by atoms with van der Waals surface area (Å²) in [5.74, 6) is 0.302. The van der Waals surface area contributed by atoms with E-state index >= 15 is 0 Å². The van der Waals surface area contributed by atoms with Crippen LogP contribution in [-0.4, -0.2) is 38.7 Å². The maximum atomic E-state index is 13.5. The minimum atomic E-state index is -1.14. The van der Waals surface area contributed by atoms with Gasteiger partial charge in [0, 0.05) is 11.3 Å². The Morgan fingerprint density at radius 3 is 2.52 bits per heavy atom. The molecule has 0 aliphatic carbocycles. The molecule has 150 valence electrons. The van der Waals surface area contributed by atoms with Gasteiger partial charge >= 0.3 is 0 Å². The fraction of sp³-hybridized carbons (Fsp3) is 0.250. The van der Waals surface area contributed by atoms with E-state index in [0.29, 0.717) is 27.8 Å². The van der Waals surface area contributed by atoms with Gasteiger partial charge in [-0.2, -0.15) is 5.43 Å². The Morgan fingerprint density at radius 2 is 1.90 bits per heavy atom. The smallest absolute Gasteiger partial charge is 0.217 e. The quantitative estimate of drug-likeness (QED) is 0.670. The van der Waals surface area contributed by atoms with Gasteiger partial charge in [-0.15, -0.1) is 0 Å². The predicted molar refractivity (Wildman–Crippen MR) is 111 cm³/mol. The zero-order chi connectivity index (χ0) is 20.9. The van der Waals surface area contributed by atoms with Crippen LogP contribution in [0.4, 0.5) is 4.39 Å². The number of hydrogen-bond acceptors (Lipinski definition) is 7. The number of aliphatic hydroxyl groups is 1. The highest BCUT2D eigenvalue weighted by Gasteiger charge is 2.40. The lowest BCUT2D eigenvalue weighted by atomic mass is 9.97. The van der Waals surface area contributed by atoms with Crippen LogP contribution in [0.2, 0.25) is 5.15 Å². The van der Waals surface area contributed by atoms with Crippen LogP contribution in [0.25, 0.3) is 11.3 Å². The van der Waals surface area contributed by atoms with Crippen molar-refractivity contribution < 1.29 is 9.50 Å². The van der Waals surface area contributed by atoms with Crippen molar-refractivity contribution in [3.63, 3.8) is 0 Å². The first-order valence-electron chi connectivity index (χ1n) is 8.99. The monoisotopic (exact) mass is 414 g/mol. The molecule has 2 aliphatic heterocycles. The number of aliphatic imine (C=N–C) groups is 2. The summed E-state index contributed by atoms with van der Waals surface area (Å²) in [7, 11) is 0. The van der Waals surface area contributed by atoms with Crippen molar-refractivity contribution in [2.24, 2.45) is 15.7 Å². The standard InChI is InChI=1S/C20H20ClFN6O/c1-10-8-12(9-14(21)24-10)15-16(11-4-6-13(22)7-5-11)25-19(23)28-17(15)26-18(27-28)20(2,3)29/h4-9,18,27,29H,1-3H3,(H2,23,25). The number of halogens is 2. The fourth-order valence-electron chi connectivity index (χ4n) is 3.24. The van der Waals surface area contributed by atoms with Crippen LogP contribution < -0.4 is 11.2 Å². The number of aromatic nitrogens is 1. The normalized spacial score (nSPS) is 19.2. The molecule has 0 fully saturated rings. The van der Waals surface area contributed by atoms with Gasteiger partial charge in [-0.25, -0.2) is 24.4 Å². The van der Waals surface area contributed by atoms with Crippen molar-refractivity contribution in [2.75, 3.05) is 0 Å². The summed E-state index contributed by atoms with van der Waals surface area (Å²) in [6, 6.07) is 9.54. The lowest BCUT2D eigenvalue weighted by Crippen LogP contribution is -2.54. The number of nitrogens with one attached hydrogen (secondary N) is 1. The second kappa shape index (κ2) is 6.91. The molecule has 3 heterocycles. The van der Waals surface area contributed by atoms with E-state index in [1.165, 1.54) is 17.1 Å². The Hall–Kier alpha value is -2.81. The Bertz CT molecular complexity index is 1050. The summed E-state index contributed by atoms with van der Waals surface area (Å²) in [5, 5.41) is 12.3. The van der Waals surface area contributed by atoms with E-state index in [9.17, 15) is 9.50 Å². The summed E-state index contributed by atoms with van der Waals surface area (Å²) in [4.78, 5) is 13.4. The van der Waals surface area contributed by atoms with Gasteiger partial charge < -0.3 is 10.8 Å². The van der Waals surface area contributed by atoms with Crippen LogP contribution in [0.1, 0.15) is 30.7 Å². The number of benzene rings is 1. The van der Waals surface area contributed by atoms with E-state index in [1.54, 1.807) is 32.0 Å². The van der Waals surface area contributed by atoms with E-state index in [0.717, 1.165) is 11.3 Å². The lowest BCUT2D eigenvalue weighted by molar-refractivity contribution is 0.0351. The largest absolute Gasteiger partial charge is 0.387 e. The minimum Gasteiger partial charge on any atom is -0.387 e. The van der Waals surface area contributed by atoms with Gasteiger partial charge in [-0.1, -0.05) is 11.6 Å². The Morgan fingerprint density at radius 1 is 1.21 bits per heavy atom. The summed E-state index contributed by atoms with van der Waals surface area (Å²) < 4.78 is 13.5. The van der Waals surface area contributed by atoms with Crippen LogP contribution in [0.15, 0.2) is 46.4 Å². The molecule has 4 rings (SSSR count). The number of nitrogens with zero attached hydrogens (tertiary/aromatic N) is 4. The molecule has 1 atom stereocenters. The molecule has 2 aromatic rings. The number of guanidine groups is 1. The molecule has 2 aliphatic rings. The van der Waals surface area contributed by atoms with Gasteiger partial charge in [-0.3, -0.25) is 0 Å². The third-order valence-corrected chi connectivity index (χ3v) is 4.82. The van der Waals surface area contributed by atoms with Gasteiger partial charge in [0.15, 0.2) is 5.84 Å². The molecule has 0 radical (unpaired) electrons. The molecule has 4 N–H and O–H groups in total. The first-order chi connectivity index (χ1) is 13.6. The van der Waals surface area contributed by atoms with Gasteiger partial charge in [0.1, 0.15) is 17.1 Å². The molecule has 0 bridgehead atoms. The van der Waals surface area contributed by atoms with Crippen LogP contribution in [0.5, 0.6) is 0 Å². The minimum absolute atomic E-state index is 0.162. The highest BCUT2D eigenvalue weighted by molar-refractivity contribution is 6.36. The zero-order valence-corrected chi connectivity index (χ0v) is 16.9. The third-order valence-electron chi connectivity index (χ3n) is 4.63. The molecule has 0 spiro atoms. The Labute approximate surface area is 172 Å². The molecule has 29 heavy (non-hydrogen) atoms. The number of nitrogens with two attached hydrogens (primary N) is 1. The second-order valence-corrected chi connectivity index (χ2v) is 7.88. The second-order valence-electron chi connectivity index (χ2n) is 7.49. The number of hydrogen-bond donors (Lipinski definition) is 3. The maximum absolute atomic E-state index is 13.5. The van der Waals surface area contributed by atoms with Crippen molar-refractivity contribution in [3.05, 3.63) is 64.2 Å². The molecule has 7 nitrogen and oxygen atoms in total. The van der Waals surface area contributed by atoms with Crippen LogP contribution in [-0.2, 0) is 0 Å². The SMILES string of the molecule is Cc1cc(C2=C(c3ccc(F)cc3)N=C(N)N3NC(C(C)(C)O)N=C23)cc(Cl)n1. The first kappa shape index (κ1) is 19.5. The predicted octanol–water partition coefficient (Wildman–Crippen LogP) is 2.69. The summed E-state index contributed by atoms with van der Waals surface area (Å²) in [6.07, 6.45) is -0.632. The average Bonchev–Trinajstić information content (AvgIpc) is 3.07. The van der Waals surface area contributed by atoms with Crippen molar-refractivity contribution in [1.29, 1.82) is 0 Å². The molecular weight excluding hydrogens is 395 g/mol. The van der Waals surface area contributed by atoms with Crippen molar-refractivity contribution in [2.45, 2.75) is 32.5 Å². The number of aryl methyl sites for hydroxylation is 1. The maximum Gasteiger partial charge on any atom is 0.217 e. The number of amidine groups is 1. The van der Waals surface area contributed by atoms with E-state index in [4.69, 9.17) is 17.3 Å². The Balaban J connectivity index is 1.99. The van der Waals surface area contributed by atoms with Crippen molar-refractivity contribution in [1.82, 2.24) is 15.4 Å². The van der Waals surface area contributed by atoms with E-state index < -0.39 is 11.8 Å². The molecular formula is C20H20ClFN6O. The molecule has 0 saturated carbocycles. The summed E-state index contributed by atoms with van der Waals surface area (Å²) >= 11 is 6.20. The first-order valence-corrected chi connectivity index (χ1v) is 9.37. The van der Waals surface area contributed by atoms with Crippen LogP contribution in [0, 0.1) is 12.7 Å². The molecule has 1 aromatic carbocycles. The molecule has 9 heteroatoms. The van der Waals surface area contributed by atoms with Gasteiger partial charge in [0.25, 0.3) is 0 Å². The van der Waals surface area contributed by atoms with E-state index in [1.807, 2.05) is 13.0 Å². The van der Waals surface area contributed by atoms with Crippen LogP contribution in [0.3, 0.4) is 0 Å². The van der Waals surface area contributed by atoms with Crippen LogP contribution >= 0.6 is 11.6 Å². The van der Waals surface area contributed by atoms with Gasteiger partial charge in [0.05, 0.1) is 16.9 Å². The number of fused-ring (bicyclic) bond motifs is 1. The number of hydrazine groups is 1. The molecule has 1 unspecified atom stereocenters. The summed E-state index contributed by atoms with van der Waals surface area (Å²) in [5.41, 5.74) is 11.4. The zero-order valence-electron chi connectivity index (χ0n) is 16.1. The van der Waals surface area contributed by atoms with Crippen molar-refractivity contribution >= 4 is 34.7 Å². The topological polar surface area (TPSA) is 99.1 Å². The Kier molecular flexibility index (Phi) is 4.65. The van der Waals surface area contributed by atoms with E-state index in [2.05, 4.69) is 20.4 Å². The van der Waals surface area contributed by atoms with Gasteiger partial charge in [0.2, 0.25) is 5.96 Å². The molecule has 0 saturated heterocycles. The van der Waals surface area contributed by atoms with E-state index in [-0.39, 0.29) is 11.8 Å². The average molecular weight is 415 g/mol. The van der Waals surface area contributed by atoms with Gasteiger partial charge in [-0.05, 0) is 62.7 Å². The van der Waals surface area contributed by atoms with Crippen molar-refractivity contribution in [3.8, 4) is 0 Å². The summed E-state index contributed by atoms with van der Waals surface area (Å²) in [6.45, 7) is 5.14. The third kappa shape index (κ3) is 3.62. The fourth-order valence-corrected chi connectivity index (χ4v) is 3.49. The lowest BCUT2D eigenvalue weighted by Gasteiger charge is -2.29.